The second kappa shape index (κ2) is 11.6. The van der Waals surface area contributed by atoms with Crippen molar-refractivity contribution in [3.8, 4) is 28.6 Å². The van der Waals surface area contributed by atoms with Crippen molar-refractivity contribution in [2.45, 2.75) is 18.2 Å². The smallest absolute Gasteiger partial charge is 0.230 e. The van der Waals surface area contributed by atoms with Crippen LogP contribution in [0.1, 0.15) is 5.56 Å². The molecular weight excluding hydrogens is 464 g/mol. The maximum Gasteiger partial charge on any atom is 0.230 e. The minimum Gasteiger partial charge on any atom is -0.493 e. The summed E-state index contributed by atoms with van der Waals surface area (Å²) < 4.78 is 18.2. The summed E-state index contributed by atoms with van der Waals surface area (Å²) in [4.78, 5) is 12.4. The third-order valence-electron chi connectivity index (χ3n) is 4.69. The fourth-order valence-electron chi connectivity index (χ4n) is 3.10. The zero-order valence-corrected chi connectivity index (χ0v) is 20.2. The van der Waals surface area contributed by atoms with Gasteiger partial charge in [-0.05, 0) is 29.8 Å². The molecule has 3 rings (SSSR count). The maximum absolute atomic E-state index is 12.4. The molecule has 1 amide bonds. The van der Waals surface area contributed by atoms with Crippen molar-refractivity contribution >= 4 is 29.3 Å². The van der Waals surface area contributed by atoms with E-state index in [9.17, 15) is 4.79 Å². The van der Waals surface area contributed by atoms with Gasteiger partial charge in [0.2, 0.25) is 11.7 Å². The van der Waals surface area contributed by atoms with Crippen LogP contribution in [-0.2, 0) is 17.9 Å². The Morgan fingerprint density at radius 2 is 1.79 bits per heavy atom. The highest BCUT2D eigenvalue weighted by Gasteiger charge is 2.20. The van der Waals surface area contributed by atoms with Crippen molar-refractivity contribution in [3.05, 3.63) is 59.6 Å². The van der Waals surface area contributed by atoms with E-state index < -0.39 is 0 Å². The van der Waals surface area contributed by atoms with Crippen molar-refractivity contribution in [2.24, 2.45) is 0 Å². The summed E-state index contributed by atoms with van der Waals surface area (Å²) in [5, 5.41) is 12.8. The van der Waals surface area contributed by atoms with Gasteiger partial charge in [0.25, 0.3) is 0 Å². The molecule has 8 nitrogen and oxygen atoms in total. The first-order valence-corrected chi connectivity index (χ1v) is 11.4. The zero-order valence-electron chi connectivity index (χ0n) is 18.6. The van der Waals surface area contributed by atoms with E-state index in [0.717, 1.165) is 11.1 Å². The van der Waals surface area contributed by atoms with Crippen LogP contribution in [0, 0.1) is 0 Å². The maximum atomic E-state index is 12.4. The first kappa shape index (κ1) is 24.5. The summed E-state index contributed by atoms with van der Waals surface area (Å²) in [6.45, 7) is 4.72. The van der Waals surface area contributed by atoms with E-state index >= 15 is 0 Å². The Balaban J connectivity index is 1.76. The molecule has 0 unspecified atom stereocenters. The Morgan fingerprint density at radius 3 is 2.36 bits per heavy atom. The Hall–Kier alpha value is -3.17. The molecule has 0 aliphatic rings. The normalized spacial score (nSPS) is 10.5. The molecule has 0 aliphatic heterocycles. The molecule has 0 spiro atoms. The summed E-state index contributed by atoms with van der Waals surface area (Å²) in [7, 11) is 4.66. The first-order chi connectivity index (χ1) is 16.0. The average molecular weight is 489 g/mol. The Morgan fingerprint density at radius 1 is 1.12 bits per heavy atom. The molecular formula is C23H25ClN4O4S. The number of methoxy groups -OCH3 is 3. The number of amides is 1. The van der Waals surface area contributed by atoms with Crippen LogP contribution in [0.4, 0.5) is 0 Å². The molecule has 1 heterocycles. The fraction of sp³-hybridized carbons (Fsp3) is 0.261. The molecule has 1 N–H and O–H groups in total. The lowest BCUT2D eigenvalue weighted by atomic mass is 10.1. The van der Waals surface area contributed by atoms with Gasteiger partial charge in [0.15, 0.2) is 22.5 Å². The third-order valence-corrected chi connectivity index (χ3v) is 5.91. The number of rotatable bonds is 11. The van der Waals surface area contributed by atoms with E-state index in [1.54, 1.807) is 51.7 Å². The number of nitrogens with zero attached hydrogens (tertiary/aromatic N) is 3. The van der Waals surface area contributed by atoms with Gasteiger partial charge in [-0.15, -0.1) is 16.8 Å². The molecule has 1 aromatic heterocycles. The van der Waals surface area contributed by atoms with Crippen molar-refractivity contribution in [2.75, 3.05) is 27.1 Å². The van der Waals surface area contributed by atoms with Crippen LogP contribution >= 0.6 is 23.4 Å². The van der Waals surface area contributed by atoms with E-state index in [0.29, 0.717) is 46.3 Å². The summed E-state index contributed by atoms with van der Waals surface area (Å²) in [6.07, 6.45) is 1.75. The molecule has 0 atom stereocenters. The lowest BCUT2D eigenvalue weighted by molar-refractivity contribution is -0.118. The van der Waals surface area contributed by atoms with Gasteiger partial charge in [0.1, 0.15) is 0 Å². The molecule has 0 bridgehead atoms. The lowest BCUT2D eigenvalue weighted by Crippen LogP contribution is -2.24. The number of aromatic nitrogens is 3. The Labute approximate surface area is 201 Å². The number of nitrogens with one attached hydrogen (secondary N) is 1. The van der Waals surface area contributed by atoms with Gasteiger partial charge in [-0.1, -0.05) is 41.6 Å². The van der Waals surface area contributed by atoms with Crippen molar-refractivity contribution < 1.29 is 19.0 Å². The van der Waals surface area contributed by atoms with Crippen LogP contribution in [0.15, 0.2) is 54.2 Å². The van der Waals surface area contributed by atoms with Crippen LogP contribution in [0.5, 0.6) is 17.2 Å². The van der Waals surface area contributed by atoms with E-state index in [-0.39, 0.29) is 11.7 Å². The zero-order chi connectivity index (χ0) is 23.8. The first-order valence-electron chi connectivity index (χ1n) is 9.99. The molecule has 3 aromatic rings. The van der Waals surface area contributed by atoms with Gasteiger partial charge in [0, 0.05) is 23.7 Å². The third kappa shape index (κ3) is 6.00. The molecule has 0 aliphatic carbocycles. The summed E-state index contributed by atoms with van der Waals surface area (Å²) in [6, 6.07) is 10.9. The van der Waals surface area contributed by atoms with Gasteiger partial charge >= 0.3 is 0 Å². The summed E-state index contributed by atoms with van der Waals surface area (Å²) in [5.74, 6) is 2.19. The van der Waals surface area contributed by atoms with Gasteiger partial charge in [-0.25, -0.2) is 0 Å². The van der Waals surface area contributed by atoms with Crippen LogP contribution in [0.3, 0.4) is 0 Å². The predicted octanol–water partition coefficient (Wildman–Crippen LogP) is 4.22. The predicted molar refractivity (Wildman–Crippen MR) is 129 cm³/mol. The molecule has 0 fully saturated rings. The van der Waals surface area contributed by atoms with Gasteiger partial charge in [-0.2, -0.15) is 0 Å². The molecule has 2 aromatic carbocycles. The molecule has 10 heteroatoms. The molecule has 33 heavy (non-hydrogen) atoms. The van der Waals surface area contributed by atoms with Crippen LogP contribution < -0.4 is 19.5 Å². The minimum atomic E-state index is -0.113. The van der Waals surface area contributed by atoms with Crippen LogP contribution in [0.2, 0.25) is 5.02 Å². The Kier molecular flexibility index (Phi) is 8.62. The number of hydrogen-bond acceptors (Lipinski definition) is 7. The second-order valence-electron chi connectivity index (χ2n) is 6.81. The number of allylic oxidation sites excluding steroid dienone is 1. The highest BCUT2D eigenvalue weighted by Crippen LogP contribution is 2.41. The van der Waals surface area contributed by atoms with Crippen LogP contribution in [-0.4, -0.2) is 47.8 Å². The number of ether oxygens (including phenoxy) is 3. The molecule has 0 saturated heterocycles. The average Bonchev–Trinajstić information content (AvgIpc) is 3.24. The van der Waals surface area contributed by atoms with Crippen LogP contribution in [0.25, 0.3) is 11.4 Å². The summed E-state index contributed by atoms with van der Waals surface area (Å²) in [5.41, 5.74) is 1.70. The number of hydrogen-bond donors (Lipinski definition) is 1. The topological polar surface area (TPSA) is 87.5 Å². The van der Waals surface area contributed by atoms with Crippen molar-refractivity contribution in [1.29, 1.82) is 0 Å². The number of carbonyl (C=O) groups excluding carboxylic acids is 1. The lowest BCUT2D eigenvalue weighted by Gasteiger charge is -2.14. The molecule has 174 valence electrons. The molecule has 0 radical (unpaired) electrons. The minimum absolute atomic E-state index is 0.113. The highest BCUT2D eigenvalue weighted by atomic mass is 35.5. The van der Waals surface area contributed by atoms with Crippen molar-refractivity contribution in [1.82, 2.24) is 20.1 Å². The fourth-order valence-corrected chi connectivity index (χ4v) is 4.00. The van der Waals surface area contributed by atoms with Crippen molar-refractivity contribution in [3.63, 3.8) is 0 Å². The standard InChI is InChI=1S/C23H25ClN4O4S/c1-5-10-28-22(16-11-18(30-2)21(32-4)19(12-16)31-3)26-27-23(28)33-14-20(29)25-13-15-6-8-17(24)9-7-15/h5-9,11-12H,1,10,13-14H2,2-4H3,(H,25,29). The largest absolute Gasteiger partial charge is 0.493 e. The number of halogens is 1. The number of benzene rings is 2. The van der Waals surface area contributed by atoms with Gasteiger partial charge in [-0.3, -0.25) is 9.36 Å². The Bertz CT molecular complexity index is 1090. The highest BCUT2D eigenvalue weighted by molar-refractivity contribution is 7.99. The number of carbonyl (C=O) groups is 1. The summed E-state index contributed by atoms with van der Waals surface area (Å²) >= 11 is 7.19. The van der Waals surface area contributed by atoms with E-state index in [1.165, 1.54) is 11.8 Å². The van der Waals surface area contributed by atoms with Gasteiger partial charge < -0.3 is 19.5 Å². The monoisotopic (exact) mass is 488 g/mol. The van der Waals surface area contributed by atoms with E-state index in [1.807, 2.05) is 16.7 Å². The molecule has 0 saturated carbocycles. The quantitative estimate of drug-likeness (QED) is 0.319. The SMILES string of the molecule is C=CCn1c(SCC(=O)NCc2ccc(Cl)cc2)nnc1-c1cc(OC)c(OC)c(OC)c1. The second-order valence-corrected chi connectivity index (χ2v) is 8.19. The van der Waals surface area contributed by atoms with E-state index in [2.05, 4.69) is 22.1 Å². The van der Waals surface area contributed by atoms with Gasteiger partial charge in [0.05, 0.1) is 27.1 Å². The number of thioether (sulfide) groups is 1. The van der Waals surface area contributed by atoms with E-state index in [4.69, 9.17) is 25.8 Å².